The molecule has 6 heteroatoms. The van der Waals surface area contributed by atoms with Gasteiger partial charge in [0.25, 0.3) is 11.8 Å². The summed E-state index contributed by atoms with van der Waals surface area (Å²) in [6.07, 6.45) is 1.93. The van der Waals surface area contributed by atoms with E-state index in [0.29, 0.717) is 18.7 Å². The molecule has 2 unspecified atom stereocenters. The number of imide groups is 1. The summed E-state index contributed by atoms with van der Waals surface area (Å²) >= 11 is 2.12. The van der Waals surface area contributed by atoms with Crippen LogP contribution in [0.3, 0.4) is 0 Å². The third-order valence-electron chi connectivity index (χ3n) is 2.95. The standard InChI is InChI=1S/C11H9IN2O3/c12-6-1-4-9(13-5-6)14-10(15)7-2-3-8(17-7)11(14)16/h1,4-5,7-8H,2-3H2. The summed E-state index contributed by atoms with van der Waals surface area (Å²) in [5.74, 6) is -0.199. The quantitative estimate of drug-likeness (QED) is 0.566. The van der Waals surface area contributed by atoms with Crippen molar-refractivity contribution >= 4 is 40.2 Å². The largest absolute Gasteiger partial charge is 0.355 e. The predicted molar refractivity (Wildman–Crippen MR) is 67.3 cm³/mol. The Hall–Kier alpha value is -1.02. The molecule has 17 heavy (non-hydrogen) atoms. The number of aromatic nitrogens is 1. The van der Waals surface area contributed by atoms with E-state index in [-0.39, 0.29) is 11.8 Å². The van der Waals surface area contributed by atoms with Crippen molar-refractivity contribution in [1.82, 2.24) is 4.98 Å². The van der Waals surface area contributed by atoms with Crippen LogP contribution in [0, 0.1) is 3.57 Å². The van der Waals surface area contributed by atoms with Crippen LogP contribution in [-0.2, 0) is 14.3 Å². The average molecular weight is 344 g/mol. The Morgan fingerprint density at radius 3 is 2.41 bits per heavy atom. The molecule has 0 radical (unpaired) electrons. The van der Waals surface area contributed by atoms with E-state index in [0.717, 1.165) is 8.47 Å². The molecular weight excluding hydrogens is 335 g/mol. The average Bonchev–Trinajstić information content (AvgIpc) is 2.76. The van der Waals surface area contributed by atoms with Gasteiger partial charge in [-0.3, -0.25) is 9.59 Å². The zero-order valence-electron chi connectivity index (χ0n) is 8.80. The molecule has 0 saturated carbocycles. The van der Waals surface area contributed by atoms with Crippen LogP contribution in [0.2, 0.25) is 0 Å². The van der Waals surface area contributed by atoms with E-state index in [9.17, 15) is 9.59 Å². The summed E-state index contributed by atoms with van der Waals surface area (Å²) in [7, 11) is 0. The number of hydrogen-bond donors (Lipinski definition) is 0. The molecule has 1 aromatic rings. The Morgan fingerprint density at radius 2 is 1.88 bits per heavy atom. The Balaban J connectivity index is 1.99. The molecule has 2 saturated heterocycles. The van der Waals surface area contributed by atoms with Crippen molar-refractivity contribution in [2.75, 3.05) is 4.90 Å². The molecule has 88 valence electrons. The van der Waals surface area contributed by atoms with Gasteiger partial charge in [-0.25, -0.2) is 9.88 Å². The van der Waals surface area contributed by atoms with Gasteiger partial charge in [-0.2, -0.15) is 0 Å². The third-order valence-corrected chi connectivity index (χ3v) is 3.59. The van der Waals surface area contributed by atoms with Crippen molar-refractivity contribution in [3.63, 3.8) is 0 Å². The third kappa shape index (κ3) is 1.75. The molecule has 3 heterocycles. The van der Waals surface area contributed by atoms with Gasteiger partial charge >= 0.3 is 0 Å². The fraction of sp³-hybridized carbons (Fsp3) is 0.364. The van der Waals surface area contributed by atoms with Crippen LogP contribution in [0.4, 0.5) is 5.82 Å². The van der Waals surface area contributed by atoms with Crippen molar-refractivity contribution in [1.29, 1.82) is 0 Å². The van der Waals surface area contributed by atoms with E-state index < -0.39 is 12.2 Å². The molecule has 0 aromatic carbocycles. The fourth-order valence-electron chi connectivity index (χ4n) is 2.12. The number of nitrogens with zero attached hydrogens (tertiary/aromatic N) is 2. The molecule has 2 aliphatic rings. The van der Waals surface area contributed by atoms with Gasteiger partial charge in [0.2, 0.25) is 0 Å². The monoisotopic (exact) mass is 344 g/mol. The smallest absolute Gasteiger partial charge is 0.264 e. The van der Waals surface area contributed by atoms with Crippen LogP contribution in [0.15, 0.2) is 18.3 Å². The lowest BCUT2D eigenvalue weighted by Crippen LogP contribution is -2.52. The minimum absolute atomic E-state index is 0.294. The van der Waals surface area contributed by atoms with Gasteiger partial charge in [-0.1, -0.05) is 0 Å². The topological polar surface area (TPSA) is 59.5 Å². The van der Waals surface area contributed by atoms with E-state index in [1.54, 1.807) is 12.3 Å². The number of amides is 2. The number of halogens is 1. The summed E-state index contributed by atoms with van der Waals surface area (Å²) in [5, 5.41) is 0. The molecule has 0 spiro atoms. The number of hydrogen-bond acceptors (Lipinski definition) is 4. The number of morpholine rings is 1. The highest BCUT2D eigenvalue weighted by molar-refractivity contribution is 14.1. The summed E-state index contributed by atoms with van der Waals surface area (Å²) < 4.78 is 6.29. The van der Waals surface area contributed by atoms with E-state index in [1.807, 2.05) is 6.07 Å². The molecular formula is C11H9IN2O3. The van der Waals surface area contributed by atoms with Crippen molar-refractivity contribution in [2.24, 2.45) is 0 Å². The minimum Gasteiger partial charge on any atom is -0.355 e. The first-order valence-electron chi connectivity index (χ1n) is 5.31. The Morgan fingerprint density at radius 1 is 1.24 bits per heavy atom. The number of fused-ring (bicyclic) bond motifs is 2. The molecule has 2 amide bonds. The maximum Gasteiger partial charge on any atom is 0.264 e. The van der Waals surface area contributed by atoms with Gasteiger partial charge in [-0.05, 0) is 47.6 Å². The van der Waals surface area contributed by atoms with Crippen molar-refractivity contribution in [3.8, 4) is 0 Å². The van der Waals surface area contributed by atoms with Crippen LogP contribution in [0.25, 0.3) is 0 Å². The molecule has 0 aliphatic carbocycles. The van der Waals surface area contributed by atoms with Gasteiger partial charge < -0.3 is 4.74 Å². The van der Waals surface area contributed by atoms with Crippen molar-refractivity contribution in [2.45, 2.75) is 25.0 Å². The number of anilines is 1. The van der Waals surface area contributed by atoms with Gasteiger partial charge in [0, 0.05) is 9.77 Å². The van der Waals surface area contributed by atoms with Crippen LogP contribution in [-0.4, -0.2) is 29.0 Å². The first kappa shape index (κ1) is 11.1. The van der Waals surface area contributed by atoms with Gasteiger partial charge in [0.05, 0.1) is 0 Å². The lowest BCUT2D eigenvalue weighted by Gasteiger charge is -2.28. The fourth-order valence-corrected chi connectivity index (χ4v) is 2.44. The van der Waals surface area contributed by atoms with Gasteiger partial charge in [0.1, 0.15) is 18.0 Å². The summed E-state index contributed by atoms with van der Waals surface area (Å²) in [4.78, 5) is 29.3. The van der Waals surface area contributed by atoms with Gasteiger partial charge in [-0.15, -0.1) is 0 Å². The summed E-state index contributed by atoms with van der Waals surface area (Å²) in [6.45, 7) is 0. The van der Waals surface area contributed by atoms with Crippen LogP contribution in [0.5, 0.6) is 0 Å². The van der Waals surface area contributed by atoms with Crippen LogP contribution >= 0.6 is 22.6 Å². The van der Waals surface area contributed by atoms with E-state index in [2.05, 4.69) is 27.6 Å². The highest BCUT2D eigenvalue weighted by atomic mass is 127. The van der Waals surface area contributed by atoms with Crippen LogP contribution in [0.1, 0.15) is 12.8 Å². The van der Waals surface area contributed by atoms with Gasteiger partial charge in [0.15, 0.2) is 0 Å². The first-order chi connectivity index (χ1) is 8.16. The zero-order chi connectivity index (χ0) is 12.0. The Bertz CT molecular complexity index is 466. The number of pyridine rings is 1. The Labute approximate surface area is 111 Å². The molecule has 2 fully saturated rings. The number of rotatable bonds is 1. The molecule has 2 atom stereocenters. The lowest BCUT2D eigenvalue weighted by atomic mass is 10.2. The van der Waals surface area contributed by atoms with Crippen LogP contribution < -0.4 is 4.90 Å². The Kier molecular flexibility index (Phi) is 2.62. The lowest BCUT2D eigenvalue weighted by molar-refractivity contribution is -0.146. The number of ether oxygens (including phenoxy) is 1. The van der Waals surface area contributed by atoms with E-state index >= 15 is 0 Å². The molecule has 5 nitrogen and oxygen atoms in total. The molecule has 0 N–H and O–H groups in total. The maximum absolute atomic E-state index is 12.0. The zero-order valence-corrected chi connectivity index (χ0v) is 11.0. The normalized spacial score (nSPS) is 27.7. The van der Waals surface area contributed by atoms with E-state index in [1.165, 1.54) is 0 Å². The second-order valence-corrected chi connectivity index (χ2v) is 5.28. The van der Waals surface area contributed by atoms with E-state index in [4.69, 9.17) is 4.74 Å². The second kappa shape index (κ2) is 4.02. The van der Waals surface area contributed by atoms with Crippen molar-refractivity contribution in [3.05, 3.63) is 21.9 Å². The molecule has 2 aliphatic heterocycles. The highest BCUT2D eigenvalue weighted by Gasteiger charge is 2.47. The number of carbonyl (C=O) groups is 2. The predicted octanol–water partition coefficient (Wildman–Crippen LogP) is 1.11. The molecule has 1 aromatic heterocycles. The summed E-state index contributed by atoms with van der Waals surface area (Å²) in [6, 6.07) is 3.50. The second-order valence-electron chi connectivity index (χ2n) is 4.04. The highest BCUT2D eigenvalue weighted by Crippen LogP contribution is 2.30. The SMILES string of the molecule is O=C1C2CCC(O2)C(=O)N1c1ccc(I)cn1. The number of carbonyl (C=O) groups excluding carboxylic acids is 2. The minimum atomic E-state index is -0.473. The molecule has 2 bridgehead atoms. The molecule has 3 rings (SSSR count). The van der Waals surface area contributed by atoms with Crippen molar-refractivity contribution < 1.29 is 14.3 Å². The first-order valence-corrected chi connectivity index (χ1v) is 6.39. The summed E-state index contributed by atoms with van der Waals surface area (Å²) in [5.41, 5.74) is 0. The maximum atomic E-state index is 12.0.